The summed E-state index contributed by atoms with van der Waals surface area (Å²) in [5.74, 6) is 0.426. The third kappa shape index (κ3) is 4.25. The van der Waals surface area contributed by atoms with Gasteiger partial charge in [0, 0.05) is 6.08 Å². The maximum atomic E-state index is 10.4. The molecule has 0 bridgehead atoms. The Bertz CT molecular complexity index is 423. The van der Waals surface area contributed by atoms with Crippen molar-refractivity contribution in [2.75, 3.05) is 21.3 Å². The van der Waals surface area contributed by atoms with Gasteiger partial charge < -0.3 is 20.7 Å². The van der Waals surface area contributed by atoms with Crippen LogP contribution in [-0.2, 0) is 4.79 Å². The van der Waals surface area contributed by atoms with Crippen LogP contribution in [0.5, 0.6) is 17.2 Å². The predicted octanol–water partition coefficient (Wildman–Crippen LogP) is -1.07. The zero-order chi connectivity index (χ0) is 12.8. The van der Waals surface area contributed by atoms with Crippen LogP contribution in [0.3, 0.4) is 0 Å². The van der Waals surface area contributed by atoms with Gasteiger partial charge in [-0.15, -0.1) is 0 Å². The molecule has 0 saturated carbocycles. The van der Waals surface area contributed by atoms with Gasteiger partial charge in [-0.2, -0.15) is 0 Å². The van der Waals surface area contributed by atoms with E-state index in [1.54, 1.807) is 12.1 Å². The summed E-state index contributed by atoms with van der Waals surface area (Å²) in [6.45, 7) is 0. The van der Waals surface area contributed by atoms with Crippen molar-refractivity contribution in [3.8, 4) is 17.2 Å². The SMILES string of the molecule is COc1cc(C=CC(=O)O)cc(OC)c1OC.[H-].[Na+]. The Morgan fingerprint density at radius 1 is 1.17 bits per heavy atom. The van der Waals surface area contributed by atoms with Crippen LogP contribution in [0.2, 0.25) is 0 Å². The second-order valence-corrected chi connectivity index (χ2v) is 3.13. The van der Waals surface area contributed by atoms with Crippen molar-refractivity contribution in [3.63, 3.8) is 0 Å². The summed E-state index contributed by atoms with van der Waals surface area (Å²) < 4.78 is 15.4. The van der Waals surface area contributed by atoms with E-state index in [0.717, 1.165) is 6.08 Å². The molecule has 94 valence electrons. The zero-order valence-corrected chi connectivity index (χ0v) is 12.9. The Balaban J connectivity index is 0. The molecule has 0 atom stereocenters. The summed E-state index contributed by atoms with van der Waals surface area (Å²) in [6.07, 6.45) is 2.49. The van der Waals surface area contributed by atoms with Crippen LogP contribution in [0, 0.1) is 0 Å². The molecule has 0 aliphatic heterocycles. The number of carboxylic acids is 1. The van der Waals surface area contributed by atoms with Crippen LogP contribution in [0.4, 0.5) is 0 Å². The molecular formula is C12H15NaO5. The number of rotatable bonds is 5. The van der Waals surface area contributed by atoms with Crippen molar-refractivity contribution in [1.82, 2.24) is 0 Å². The van der Waals surface area contributed by atoms with E-state index >= 15 is 0 Å². The summed E-state index contributed by atoms with van der Waals surface area (Å²) in [7, 11) is 4.51. The van der Waals surface area contributed by atoms with Crippen LogP contribution in [0.25, 0.3) is 6.08 Å². The number of carboxylic acid groups (broad SMARTS) is 1. The topological polar surface area (TPSA) is 65.0 Å². The first kappa shape index (κ1) is 16.8. The number of methoxy groups -OCH3 is 3. The third-order valence-corrected chi connectivity index (χ3v) is 2.11. The van der Waals surface area contributed by atoms with E-state index in [1.807, 2.05) is 0 Å². The Kier molecular flexibility index (Phi) is 7.50. The van der Waals surface area contributed by atoms with Gasteiger partial charge in [-0.25, -0.2) is 4.79 Å². The van der Waals surface area contributed by atoms with E-state index in [2.05, 4.69) is 0 Å². The van der Waals surface area contributed by atoms with Crippen molar-refractivity contribution in [3.05, 3.63) is 23.8 Å². The number of benzene rings is 1. The van der Waals surface area contributed by atoms with Crippen LogP contribution >= 0.6 is 0 Å². The maximum Gasteiger partial charge on any atom is 1.00 e. The standard InChI is InChI=1S/C12H14O5.Na.H/c1-15-9-6-8(4-5-11(13)14)7-10(16-2)12(9)17-3;;/h4-7H,1-3H3,(H,13,14);;/q;+1;-1. The van der Waals surface area contributed by atoms with Crippen molar-refractivity contribution in [2.45, 2.75) is 0 Å². The van der Waals surface area contributed by atoms with Gasteiger partial charge >= 0.3 is 35.5 Å². The van der Waals surface area contributed by atoms with Gasteiger partial charge in [-0.3, -0.25) is 0 Å². The molecule has 5 nitrogen and oxygen atoms in total. The molecule has 0 fully saturated rings. The van der Waals surface area contributed by atoms with E-state index in [-0.39, 0.29) is 31.0 Å². The monoisotopic (exact) mass is 262 g/mol. The van der Waals surface area contributed by atoms with Gasteiger partial charge in [0.15, 0.2) is 11.5 Å². The van der Waals surface area contributed by atoms with Gasteiger partial charge in [0.1, 0.15) is 0 Å². The Labute approximate surface area is 129 Å². The van der Waals surface area contributed by atoms with Crippen molar-refractivity contribution in [2.24, 2.45) is 0 Å². The molecule has 1 aromatic rings. The van der Waals surface area contributed by atoms with Gasteiger partial charge in [0.05, 0.1) is 21.3 Å². The van der Waals surface area contributed by atoms with Crippen molar-refractivity contribution < 1.29 is 55.1 Å². The van der Waals surface area contributed by atoms with Crippen molar-refractivity contribution >= 4 is 12.0 Å². The van der Waals surface area contributed by atoms with Gasteiger partial charge in [-0.1, -0.05) is 0 Å². The van der Waals surface area contributed by atoms with Gasteiger partial charge in [0.2, 0.25) is 5.75 Å². The third-order valence-electron chi connectivity index (χ3n) is 2.11. The first-order valence-corrected chi connectivity index (χ1v) is 4.83. The molecule has 6 heteroatoms. The smallest absolute Gasteiger partial charge is 1.00 e. The second kappa shape index (κ2) is 8.02. The van der Waals surface area contributed by atoms with Gasteiger partial charge in [0.25, 0.3) is 0 Å². The zero-order valence-electron chi connectivity index (χ0n) is 11.9. The largest absolute Gasteiger partial charge is 1.00 e. The molecule has 18 heavy (non-hydrogen) atoms. The quantitative estimate of drug-likeness (QED) is 0.540. The Morgan fingerprint density at radius 2 is 1.67 bits per heavy atom. The Hall–Kier alpha value is -1.17. The van der Waals surface area contributed by atoms with E-state index in [4.69, 9.17) is 19.3 Å². The van der Waals surface area contributed by atoms with E-state index in [9.17, 15) is 4.79 Å². The molecule has 0 amide bonds. The molecule has 1 rings (SSSR count). The fraction of sp³-hybridized carbons (Fsp3) is 0.250. The average Bonchev–Trinajstić information content (AvgIpc) is 2.34. The molecule has 0 radical (unpaired) electrons. The fourth-order valence-electron chi connectivity index (χ4n) is 1.37. The van der Waals surface area contributed by atoms with Crippen LogP contribution < -0.4 is 43.8 Å². The van der Waals surface area contributed by atoms with Crippen molar-refractivity contribution in [1.29, 1.82) is 0 Å². The molecule has 0 heterocycles. The van der Waals surface area contributed by atoms with Crippen LogP contribution in [-0.4, -0.2) is 32.4 Å². The number of carbonyl (C=O) groups is 1. The molecule has 0 aliphatic carbocycles. The molecule has 0 saturated heterocycles. The summed E-state index contributed by atoms with van der Waals surface area (Å²) >= 11 is 0. The van der Waals surface area contributed by atoms with Crippen LogP contribution in [0.1, 0.15) is 6.99 Å². The predicted molar refractivity (Wildman–Crippen MR) is 63.9 cm³/mol. The molecule has 0 spiro atoms. The number of hydrogen-bond donors (Lipinski definition) is 1. The number of aliphatic carboxylic acids is 1. The fourth-order valence-corrected chi connectivity index (χ4v) is 1.37. The summed E-state index contributed by atoms with van der Waals surface area (Å²) in [5.41, 5.74) is 0.655. The van der Waals surface area contributed by atoms with E-state index < -0.39 is 5.97 Å². The van der Waals surface area contributed by atoms with Gasteiger partial charge in [-0.05, 0) is 23.8 Å². The number of ether oxygens (including phenoxy) is 3. The first-order valence-electron chi connectivity index (χ1n) is 4.83. The summed E-state index contributed by atoms with van der Waals surface area (Å²) in [6, 6.07) is 3.33. The molecule has 1 aromatic carbocycles. The first-order chi connectivity index (χ1) is 8.12. The molecule has 0 unspecified atom stereocenters. The normalized spacial score (nSPS) is 9.72. The summed E-state index contributed by atoms with van der Waals surface area (Å²) in [4.78, 5) is 10.4. The number of hydrogen-bond acceptors (Lipinski definition) is 4. The minimum Gasteiger partial charge on any atom is -1.00 e. The minimum atomic E-state index is -1.02. The molecule has 1 N–H and O–H groups in total. The van der Waals surface area contributed by atoms with E-state index in [1.165, 1.54) is 27.4 Å². The Morgan fingerprint density at radius 3 is 2.00 bits per heavy atom. The molecule has 0 aliphatic rings. The molecular weight excluding hydrogens is 247 g/mol. The maximum absolute atomic E-state index is 10.4. The van der Waals surface area contributed by atoms with Crippen LogP contribution in [0.15, 0.2) is 18.2 Å². The molecule has 0 aromatic heterocycles. The van der Waals surface area contributed by atoms with E-state index in [0.29, 0.717) is 22.8 Å². The minimum absolute atomic E-state index is 0. The summed E-state index contributed by atoms with van der Waals surface area (Å²) in [5, 5.41) is 8.55. The second-order valence-electron chi connectivity index (χ2n) is 3.13. The average molecular weight is 262 g/mol.